The summed E-state index contributed by atoms with van der Waals surface area (Å²) in [7, 11) is 0. The van der Waals surface area contributed by atoms with E-state index >= 15 is 0 Å². The molecule has 0 aromatic rings. The Bertz CT molecular complexity index is 225. The molecule has 0 spiro atoms. The first-order valence-electron chi connectivity index (χ1n) is 8.32. The molecule has 0 bridgehead atoms. The van der Waals surface area contributed by atoms with Crippen LogP contribution in [0.4, 0.5) is 0 Å². The van der Waals surface area contributed by atoms with Crippen LogP contribution >= 0.6 is 0 Å². The summed E-state index contributed by atoms with van der Waals surface area (Å²) in [6, 6.07) is 1.75. The predicted molar refractivity (Wildman–Crippen MR) is 78.9 cm³/mol. The minimum absolute atomic E-state index is 0.803. The van der Waals surface area contributed by atoms with Gasteiger partial charge in [0, 0.05) is 18.6 Å². The van der Waals surface area contributed by atoms with Crippen LogP contribution in [0.15, 0.2) is 0 Å². The lowest BCUT2D eigenvalue weighted by Crippen LogP contribution is -2.45. The Morgan fingerprint density at radius 2 is 1.78 bits per heavy atom. The molecule has 2 fully saturated rings. The van der Waals surface area contributed by atoms with E-state index in [2.05, 4.69) is 24.1 Å². The van der Waals surface area contributed by atoms with E-state index in [4.69, 9.17) is 0 Å². The quantitative estimate of drug-likeness (QED) is 0.712. The van der Waals surface area contributed by atoms with Crippen molar-refractivity contribution >= 4 is 0 Å². The van der Waals surface area contributed by atoms with Gasteiger partial charge in [-0.1, -0.05) is 26.7 Å². The summed E-state index contributed by atoms with van der Waals surface area (Å²) in [5.74, 6) is 0.914. The zero-order chi connectivity index (χ0) is 12.8. The molecular formula is C16H32N2. The van der Waals surface area contributed by atoms with Gasteiger partial charge in [-0.25, -0.2) is 0 Å². The van der Waals surface area contributed by atoms with E-state index in [-0.39, 0.29) is 0 Å². The number of nitrogens with zero attached hydrogens (tertiary/aromatic N) is 1. The standard InChI is InChI=1S/C16H32N2/c1-3-11-17-16-8-6-5-7-14(16)13-18(12-4-2)15-9-10-15/h14-17H,3-13H2,1-2H3. The highest BCUT2D eigenvalue weighted by atomic mass is 15.2. The van der Waals surface area contributed by atoms with E-state index in [1.165, 1.54) is 71.0 Å². The third-order valence-electron chi connectivity index (χ3n) is 4.61. The van der Waals surface area contributed by atoms with Gasteiger partial charge in [0.15, 0.2) is 0 Å². The van der Waals surface area contributed by atoms with Crippen molar-refractivity contribution in [1.29, 1.82) is 0 Å². The second kappa shape index (κ2) is 7.49. The topological polar surface area (TPSA) is 15.3 Å². The third kappa shape index (κ3) is 4.24. The van der Waals surface area contributed by atoms with Crippen molar-refractivity contribution in [3.63, 3.8) is 0 Å². The van der Waals surface area contributed by atoms with Crippen LogP contribution in [0.3, 0.4) is 0 Å². The summed E-state index contributed by atoms with van der Waals surface area (Å²) in [5, 5.41) is 3.80. The van der Waals surface area contributed by atoms with Crippen LogP contribution in [-0.4, -0.2) is 36.6 Å². The molecule has 0 aromatic heterocycles. The molecular weight excluding hydrogens is 220 g/mol. The number of rotatable bonds is 8. The summed E-state index contributed by atoms with van der Waals surface area (Å²) in [6.45, 7) is 8.49. The van der Waals surface area contributed by atoms with Crippen molar-refractivity contribution in [2.45, 2.75) is 77.3 Å². The average Bonchev–Trinajstić information content (AvgIpc) is 3.21. The van der Waals surface area contributed by atoms with E-state index in [9.17, 15) is 0 Å². The lowest BCUT2D eigenvalue weighted by Gasteiger charge is -2.36. The molecule has 0 heterocycles. The normalized spacial score (nSPS) is 28.8. The highest BCUT2D eigenvalue weighted by Crippen LogP contribution is 2.31. The fourth-order valence-corrected chi connectivity index (χ4v) is 3.48. The maximum absolute atomic E-state index is 3.80. The largest absolute Gasteiger partial charge is 0.314 e. The Labute approximate surface area is 114 Å². The zero-order valence-electron chi connectivity index (χ0n) is 12.5. The summed E-state index contributed by atoms with van der Waals surface area (Å²) in [4.78, 5) is 2.79. The average molecular weight is 252 g/mol. The lowest BCUT2D eigenvalue weighted by atomic mass is 9.84. The van der Waals surface area contributed by atoms with Crippen molar-refractivity contribution in [1.82, 2.24) is 10.2 Å². The van der Waals surface area contributed by atoms with E-state index < -0.39 is 0 Å². The Hall–Kier alpha value is -0.0800. The SMILES string of the molecule is CCCNC1CCCCC1CN(CCC)C1CC1. The maximum Gasteiger partial charge on any atom is 0.0107 e. The zero-order valence-corrected chi connectivity index (χ0v) is 12.5. The molecule has 2 atom stereocenters. The summed E-state index contributed by atoms with van der Waals surface area (Å²) >= 11 is 0. The van der Waals surface area contributed by atoms with Crippen LogP contribution in [0.2, 0.25) is 0 Å². The first-order valence-corrected chi connectivity index (χ1v) is 8.32. The van der Waals surface area contributed by atoms with Crippen LogP contribution < -0.4 is 5.32 Å². The van der Waals surface area contributed by atoms with Crippen LogP contribution in [0, 0.1) is 5.92 Å². The monoisotopic (exact) mass is 252 g/mol. The fraction of sp³-hybridized carbons (Fsp3) is 1.00. The molecule has 0 aliphatic heterocycles. The molecule has 0 aromatic carbocycles. The molecule has 106 valence electrons. The smallest absolute Gasteiger partial charge is 0.0107 e. The Kier molecular flexibility index (Phi) is 5.97. The molecule has 1 N–H and O–H groups in total. The van der Waals surface area contributed by atoms with Crippen molar-refractivity contribution in [3.05, 3.63) is 0 Å². The Morgan fingerprint density at radius 3 is 2.44 bits per heavy atom. The minimum Gasteiger partial charge on any atom is -0.314 e. The Balaban J connectivity index is 1.82. The van der Waals surface area contributed by atoms with Crippen LogP contribution in [0.25, 0.3) is 0 Å². The highest BCUT2D eigenvalue weighted by molar-refractivity contribution is 4.89. The van der Waals surface area contributed by atoms with Crippen molar-refractivity contribution in [2.75, 3.05) is 19.6 Å². The van der Waals surface area contributed by atoms with E-state index in [1.807, 2.05) is 0 Å². The lowest BCUT2D eigenvalue weighted by molar-refractivity contribution is 0.161. The first-order chi connectivity index (χ1) is 8.85. The predicted octanol–water partition coefficient (Wildman–Crippen LogP) is 3.42. The first kappa shape index (κ1) is 14.3. The van der Waals surface area contributed by atoms with Gasteiger partial charge in [0.1, 0.15) is 0 Å². The van der Waals surface area contributed by atoms with Gasteiger partial charge >= 0.3 is 0 Å². The molecule has 2 nitrogen and oxygen atoms in total. The number of nitrogens with one attached hydrogen (secondary N) is 1. The van der Waals surface area contributed by atoms with E-state index in [1.54, 1.807) is 0 Å². The van der Waals surface area contributed by atoms with Gasteiger partial charge < -0.3 is 10.2 Å². The molecule has 18 heavy (non-hydrogen) atoms. The summed E-state index contributed by atoms with van der Waals surface area (Å²) < 4.78 is 0. The molecule has 2 rings (SSSR count). The van der Waals surface area contributed by atoms with Crippen molar-refractivity contribution < 1.29 is 0 Å². The molecule has 2 saturated carbocycles. The van der Waals surface area contributed by atoms with E-state index in [0.29, 0.717) is 0 Å². The molecule has 2 heteroatoms. The number of hydrogen-bond donors (Lipinski definition) is 1. The highest BCUT2D eigenvalue weighted by Gasteiger charge is 2.32. The van der Waals surface area contributed by atoms with Gasteiger partial charge in [-0.15, -0.1) is 0 Å². The van der Waals surface area contributed by atoms with Crippen molar-refractivity contribution in [2.24, 2.45) is 5.92 Å². The van der Waals surface area contributed by atoms with Gasteiger partial charge in [0.25, 0.3) is 0 Å². The second-order valence-corrected chi connectivity index (χ2v) is 6.33. The number of hydrogen-bond acceptors (Lipinski definition) is 2. The van der Waals surface area contributed by atoms with Gasteiger partial charge in [-0.2, -0.15) is 0 Å². The molecule has 0 saturated heterocycles. The molecule has 2 aliphatic rings. The minimum atomic E-state index is 0.803. The van der Waals surface area contributed by atoms with Crippen LogP contribution in [0.5, 0.6) is 0 Å². The fourth-order valence-electron chi connectivity index (χ4n) is 3.48. The van der Waals surface area contributed by atoms with Gasteiger partial charge in [-0.05, 0) is 57.5 Å². The summed E-state index contributed by atoms with van der Waals surface area (Å²) in [6.07, 6.45) is 11.3. The van der Waals surface area contributed by atoms with E-state index in [0.717, 1.165) is 18.0 Å². The van der Waals surface area contributed by atoms with Gasteiger partial charge in [0.05, 0.1) is 0 Å². The van der Waals surface area contributed by atoms with Gasteiger partial charge in [-0.3, -0.25) is 0 Å². The Morgan fingerprint density at radius 1 is 1.00 bits per heavy atom. The molecule has 0 radical (unpaired) electrons. The molecule has 0 amide bonds. The molecule has 2 aliphatic carbocycles. The van der Waals surface area contributed by atoms with Crippen LogP contribution in [0.1, 0.15) is 65.2 Å². The van der Waals surface area contributed by atoms with Gasteiger partial charge in [0.2, 0.25) is 0 Å². The third-order valence-corrected chi connectivity index (χ3v) is 4.61. The van der Waals surface area contributed by atoms with Crippen molar-refractivity contribution in [3.8, 4) is 0 Å². The second-order valence-electron chi connectivity index (χ2n) is 6.33. The maximum atomic E-state index is 3.80. The summed E-state index contributed by atoms with van der Waals surface area (Å²) in [5.41, 5.74) is 0. The van der Waals surface area contributed by atoms with Crippen LogP contribution in [-0.2, 0) is 0 Å². The molecule has 2 unspecified atom stereocenters.